The fourth-order valence-electron chi connectivity index (χ4n) is 7.56. The zero-order valence-electron chi connectivity index (χ0n) is 31.0. The molecular weight excluding hydrogens is 772 g/mol. The van der Waals surface area contributed by atoms with Crippen molar-refractivity contribution in [1.82, 2.24) is 0 Å². The molecule has 0 fully saturated rings. The van der Waals surface area contributed by atoms with Crippen LogP contribution in [0.3, 0.4) is 0 Å². The second-order valence-corrected chi connectivity index (χ2v) is 14.5. The normalized spacial score (nSPS) is 17.2. The third-order valence-corrected chi connectivity index (χ3v) is 9.77. The fraction of sp³-hybridized carbons (Fsp3) is 0.261. The van der Waals surface area contributed by atoms with Gasteiger partial charge in [0.25, 0.3) is 0 Å². The summed E-state index contributed by atoms with van der Waals surface area (Å²) in [6, 6.07) is 29.6. The summed E-state index contributed by atoms with van der Waals surface area (Å²) in [5.41, 5.74) is 12.2. The Morgan fingerprint density at radius 1 is 0.731 bits per heavy atom. The van der Waals surface area contributed by atoms with Gasteiger partial charge in [0.15, 0.2) is 0 Å². The maximum absolute atomic E-state index is 11.8. The van der Waals surface area contributed by atoms with Gasteiger partial charge in [-0.15, -0.1) is 45.3 Å². The summed E-state index contributed by atoms with van der Waals surface area (Å²) in [6.07, 6.45) is 6.25. The van der Waals surface area contributed by atoms with Crippen molar-refractivity contribution >= 4 is 42.5 Å². The number of allylic oxidation sites excluding steroid dienone is 8. The minimum Gasteiger partial charge on any atom is -1.00 e. The van der Waals surface area contributed by atoms with Crippen molar-refractivity contribution in [2.75, 3.05) is 0 Å². The Morgan fingerprint density at radius 3 is 1.58 bits per heavy atom. The molecule has 0 saturated heterocycles. The van der Waals surface area contributed by atoms with Crippen molar-refractivity contribution in [1.29, 1.82) is 0 Å². The third kappa shape index (κ3) is 8.95. The Balaban J connectivity index is 0.000000228. The first-order valence-corrected chi connectivity index (χ1v) is 18.7. The summed E-state index contributed by atoms with van der Waals surface area (Å²) < 4.78 is 38.7. The molecule has 52 heavy (non-hydrogen) atoms. The van der Waals surface area contributed by atoms with Gasteiger partial charge >= 0.3 is 34.6 Å². The van der Waals surface area contributed by atoms with Crippen LogP contribution in [0.2, 0.25) is 0 Å². The van der Waals surface area contributed by atoms with E-state index in [2.05, 4.69) is 145 Å². The molecule has 0 spiro atoms. The predicted molar refractivity (Wildman–Crippen MR) is 204 cm³/mol. The zero-order valence-corrected chi connectivity index (χ0v) is 35.0. The molecule has 0 aromatic heterocycles. The average molecular weight is 816 g/mol. The van der Waals surface area contributed by atoms with Gasteiger partial charge in [0.2, 0.25) is 0 Å². The van der Waals surface area contributed by atoms with Crippen LogP contribution in [0.4, 0.5) is 13.2 Å². The molecule has 3 aliphatic carbocycles. The largest absolute Gasteiger partial charge is 1.00 e. The maximum Gasteiger partial charge on any atom is -1.00 e. The van der Waals surface area contributed by atoms with Crippen molar-refractivity contribution in [3.63, 3.8) is 0 Å². The van der Waals surface area contributed by atoms with Gasteiger partial charge in [0, 0.05) is 10.8 Å². The number of hydrogen-bond donors (Lipinski definition) is 0. The Morgan fingerprint density at radius 2 is 1.19 bits per heavy atom. The van der Waals surface area contributed by atoms with Crippen molar-refractivity contribution in [2.45, 2.75) is 72.4 Å². The van der Waals surface area contributed by atoms with Crippen LogP contribution in [0.1, 0.15) is 88.8 Å². The minimum atomic E-state index is -4.23. The zero-order chi connectivity index (χ0) is 36.6. The molecule has 3 aliphatic rings. The van der Waals surface area contributed by atoms with Crippen LogP contribution >= 0.6 is 0 Å². The van der Waals surface area contributed by atoms with E-state index >= 15 is 0 Å². The fourth-order valence-corrected chi connectivity index (χ4v) is 7.56. The number of benzene rings is 4. The van der Waals surface area contributed by atoms with Crippen molar-refractivity contribution in [2.24, 2.45) is 5.92 Å². The molecule has 270 valence electrons. The molecule has 0 amide bonds. The summed E-state index contributed by atoms with van der Waals surface area (Å²) in [7, 11) is 0. The van der Waals surface area contributed by atoms with Gasteiger partial charge in [-0.3, -0.25) is 6.08 Å². The summed E-state index contributed by atoms with van der Waals surface area (Å²) in [6.45, 7) is 18.1. The molecule has 0 aliphatic heterocycles. The molecule has 5 aromatic carbocycles. The van der Waals surface area contributed by atoms with Crippen LogP contribution in [-0.4, -0.2) is 4.21 Å². The van der Waals surface area contributed by atoms with E-state index in [9.17, 15) is 13.2 Å². The van der Waals surface area contributed by atoms with E-state index in [4.69, 9.17) is 0 Å². The summed E-state index contributed by atoms with van der Waals surface area (Å²) in [4.78, 5) is 0. The number of fused-ring (bicyclic) bond motifs is 5. The topological polar surface area (TPSA) is 0 Å². The summed E-state index contributed by atoms with van der Waals surface area (Å²) >= 11 is 1.30. The number of halogens is 5. The number of hydrogen-bond acceptors (Lipinski definition) is 0. The van der Waals surface area contributed by atoms with Gasteiger partial charge in [-0.25, -0.2) is 5.57 Å². The Bertz CT molecular complexity index is 2070. The molecule has 0 radical (unpaired) electrons. The Hall–Kier alpha value is -3.17. The molecule has 1 unspecified atom stereocenters. The number of alkyl halides is 3. The predicted octanol–water partition coefficient (Wildman–Crippen LogP) is 7.05. The monoisotopic (exact) mass is 813 g/mol. The van der Waals surface area contributed by atoms with Crippen LogP contribution in [-0.2, 0) is 41.2 Å². The van der Waals surface area contributed by atoms with E-state index < -0.39 is 11.7 Å². The van der Waals surface area contributed by atoms with Crippen LogP contribution in [0, 0.1) is 18.1 Å². The van der Waals surface area contributed by atoms with E-state index in [1.54, 1.807) is 0 Å². The van der Waals surface area contributed by atoms with Crippen LogP contribution < -0.4 is 24.8 Å². The van der Waals surface area contributed by atoms with Crippen molar-refractivity contribution in [3.8, 4) is 0 Å². The molecule has 0 bridgehead atoms. The van der Waals surface area contributed by atoms with Crippen molar-refractivity contribution in [3.05, 3.63) is 154 Å². The van der Waals surface area contributed by atoms with E-state index in [0.717, 1.165) is 12.1 Å². The van der Waals surface area contributed by atoms with E-state index in [1.165, 1.54) is 108 Å². The molecule has 0 nitrogen and oxygen atoms in total. The maximum atomic E-state index is 11.8. The van der Waals surface area contributed by atoms with E-state index in [1.807, 2.05) is 6.07 Å². The van der Waals surface area contributed by atoms with Gasteiger partial charge in [0.05, 0.1) is 0 Å². The molecule has 5 aromatic rings. The Kier molecular flexibility index (Phi) is 14.0. The van der Waals surface area contributed by atoms with Gasteiger partial charge in [-0.1, -0.05) is 119 Å². The standard InChI is InChI=1S/C25H25.C13H13.C7H4F3.CH2.2ClH.Zr/c1-14-12-24(3,4)22-8-16-7-17-9-23-19(15(2)13-25(23,5)6)11-21(17)20(16)10-18(14)22;1-10-8-11(2)13(9-10)12-6-4-3-5-7-12;8-7(9,10)6-4-2-1-3-5-6;;;;/h7-13H,1-6H3;3-7,9-10H,1-2H3;2-5H;1H2;2*1H;/q3*-1;;;;+2/p-2. The second-order valence-electron chi connectivity index (χ2n) is 14.5. The van der Waals surface area contributed by atoms with Gasteiger partial charge < -0.3 is 24.8 Å². The first-order chi connectivity index (χ1) is 23.5. The first kappa shape index (κ1) is 43.2. The van der Waals surface area contributed by atoms with E-state index in [0.29, 0.717) is 5.92 Å². The molecule has 8 rings (SSSR count). The molecule has 6 heteroatoms. The van der Waals surface area contributed by atoms with Gasteiger partial charge in [0.1, 0.15) is 0 Å². The first-order valence-electron chi connectivity index (χ1n) is 16.9. The average Bonchev–Trinajstić information content (AvgIpc) is 3.75. The summed E-state index contributed by atoms with van der Waals surface area (Å²) in [5, 5.41) is 5.57. The molecule has 1 atom stereocenters. The second kappa shape index (κ2) is 16.9. The van der Waals surface area contributed by atoms with Crippen molar-refractivity contribution < 1.29 is 62.2 Å². The third-order valence-electron chi connectivity index (χ3n) is 9.77. The van der Waals surface area contributed by atoms with E-state index in [-0.39, 0.29) is 35.6 Å². The van der Waals surface area contributed by atoms with Crippen LogP contribution in [0.5, 0.6) is 0 Å². The number of rotatable bonds is 1. The summed E-state index contributed by atoms with van der Waals surface area (Å²) in [5.74, 6) is 0.468. The quantitative estimate of drug-likeness (QED) is 0.159. The minimum absolute atomic E-state index is 0. The molecule has 0 heterocycles. The SMILES string of the molecule is CC1=CC(C)(C)c2cc3[cH-]c4cc5c(cc4c3cc21)C(C)=CC5(C)C.CC1=[C-]C(C)C=C1c1ccccc1.FC(F)(F)c1cc[c-]cc1.[CH2]=[Zr+2].[Cl-].[Cl-]. The Labute approximate surface area is 335 Å². The van der Waals surface area contributed by atoms with Gasteiger partial charge in [-0.2, -0.15) is 55.2 Å². The smallest absolute Gasteiger partial charge is 1.00 e. The molecular formula is C46H44Cl2F3Zr-3. The van der Waals surface area contributed by atoms with Gasteiger partial charge in [-0.05, 0) is 36.1 Å². The molecule has 0 saturated carbocycles. The van der Waals surface area contributed by atoms with Crippen LogP contribution in [0.25, 0.3) is 38.3 Å². The molecule has 0 N–H and O–H groups in total. The van der Waals surface area contributed by atoms with Crippen LogP contribution in [0.15, 0.2) is 109 Å².